The molecule has 2 aliphatic rings. The zero-order chi connectivity index (χ0) is 18.7. The van der Waals surface area contributed by atoms with Crippen LogP contribution in [0, 0.1) is 5.41 Å². The Hall–Kier alpha value is -1.85. The number of nitrogens with zero attached hydrogens (tertiary/aromatic N) is 2. The van der Waals surface area contributed by atoms with E-state index in [-0.39, 0.29) is 5.54 Å². The highest BCUT2D eigenvalue weighted by molar-refractivity contribution is 6.01. The number of nitrogen functional groups attached to an aromatic ring is 1. The fraction of sp³-hybridized carbons (Fsp3) is 0.571. The van der Waals surface area contributed by atoms with E-state index < -0.39 is 0 Å². The molecule has 1 aliphatic heterocycles. The number of benzene rings is 1. The number of nitrogens with two attached hydrogens (primary N) is 1. The third kappa shape index (κ3) is 3.94. The molecule has 0 amide bonds. The van der Waals surface area contributed by atoms with Gasteiger partial charge in [0.2, 0.25) is 0 Å². The molecular formula is C21H33N5. The average molecular weight is 356 g/mol. The highest BCUT2D eigenvalue weighted by Crippen LogP contribution is 2.36. The SMILES string of the molecule is C=C(NCC1(N2CCN(C)CC2)CCCC1)c1ccc(N)c(C(C)=N)c1. The number of hydrogen-bond acceptors (Lipinski definition) is 5. The molecular weight excluding hydrogens is 322 g/mol. The molecule has 1 aliphatic carbocycles. The summed E-state index contributed by atoms with van der Waals surface area (Å²) in [6.07, 6.45) is 5.17. The molecule has 0 atom stereocenters. The second-order valence-electron chi connectivity index (χ2n) is 7.98. The average Bonchev–Trinajstić information content (AvgIpc) is 3.10. The summed E-state index contributed by atoms with van der Waals surface area (Å²) in [5, 5.41) is 11.5. The Kier molecular flexibility index (Phi) is 5.68. The molecule has 1 aromatic carbocycles. The van der Waals surface area contributed by atoms with Gasteiger partial charge in [-0.2, -0.15) is 0 Å². The summed E-state index contributed by atoms with van der Waals surface area (Å²) < 4.78 is 0. The molecule has 0 radical (unpaired) electrons. The second-order valence-corrected chi connectivity index (χ2v) is 7.98. The van der Waals surface area contributed by atoms with Crippen molar-refractivity contribution in [2.24, 2.45) is 0 Å². The summed E-state index contributed by atoms with van der Waals surface area (Å²) in [6.45, 7) is 11.6. The van der Waals surface area contributed by atoms with Crippen molar-refractivity contribution < 1.29 is 0 Å². The Bertz CT molecular complexity index is 667. The summed E-state index contributed by atoms with van der Waals surface area (Å²) in [6, 6.07) is 5.85. The molecule has 1 aromatic rings. The van der Waals surface area contributed by atoms with Gasteiger partial charge in [-0.05, 0) is 44.5 Å². The molecule has 26 heavy (non-hydrogen) atoms. The van der Waals surface area contributed by atoms with Gasteiger partial charge in [-0.15, -0.1) is 0 Å². The van der Waals surface area contributed by atoms with Crippen molar-refractivity contribution in [3.8, 4) is 0 Å². The topological polar surface area (TPSA) is 68.4 Å². The van der Waals surface area contributed by atoms with Gasteiger partial charge in [0.15, 0.2) is 0 Å². The van der Waals surface area contributed by atoms with Gasteiger partial charge < -0.3 is 21.4 Å². The first kappa shape index (κ1) is 18.9. The lowest BCUT2D eigenvalue weighted by atomic mass is 9.93. The maximum atomic E-state index is 7.89. The Balaban J connectivity index is 1.69. The molecule has 1 heterocycles. The standard InChI is InChI=1S/C21H33N5/c1-16(22)19-14-18(6-7-20(19)23)17(2)24-15-21(8-4-5-9-21)26-12-10-25(3)11-13-26/h6-7,14,22,24H,2,4-5,8-13,15,23H2,1,3H3. The van der Waals surface area contributed by atoms with Crippen LogP contribution in [0.1, 0.15) is 43.7 Å². The van der Waals surface area contributed by atoms with E-state index in [2.05, 4.69) is 28.7 Å². The number of hydrogen-bond donors (Lipinski definition) is 3. The zero-order valence-corrected chi connectivity index (χ0v) is 16.3. The smallest absolute Gasteiger partial charge is 0.0406 e. The highest BCUT2D eigenvalue weighted by atomic mass is 15.3. The molecule has 1 saturated heterocycles. The van der Waals surface area contributed by atoms with Gasteiger partial charge in [0, 0.05) is 60.9 Å². The summed E-state index contributed by atoms with van der Waals surface area (Å²) >= 11 is 0. The van der Waals surface area contributed by atoms with Gasteiger partial charge >= 0.3 is 0 Å². The van der Waals surface area contributed by atoms with E-state index in [1.807, 2.05) is 18.2 Å². The first-order chi connectivity index (χ1) is 12.4. The second kappa shape index (κ2) is 7.80. The predicted molar refractivity (Wildman–Crippen MR) is 111 cm³/mol. The lowest BCUT2D eigenvalue weighted by Crippen LogP contribution is -2.58. The molecule has 5 heteroatoms. The monoisotopic (exact) mass is 355 g/mol. The minimum Gasteiger partial charge on any atom is -0.398 e. The van der Waals surface area contributed by atoms with Crippen LogP contribution in [-0.4, -0.2) is 60.8 Å². The molecule has 2 fully saturated rings. The van der Waals surface area contributed by atoms with Crippen LogP contribution in [0.2, 0.25) is 0 Å². The third-order valence-corrected chi connectivity index (χ3v) is 6.14. The van der Waals surface area contributed by atoms with E-state index in [1.54, 1.807) is 6.92 Å². The molecule has 4 N–H and O–H groups in total. The normalized spacial score (nSPS) is 20.8. The molecule has 3 rings (SSSR count). The fourth-order valence-electron chi connectivity index (χ4n) is 4.36. The first-order valence-corrected chi connectivity index (χ1v) is 9.73. The fourth-order valence-corrected chi connectivity index (χ4v) is 4.36. The maximum Gasteiger partial charge on any atom is 0.0406 e. The van der Waals surface area contributed by atoms with Crippen LogP contribution < -0.4 is 11.1 Å². The largest absolute Gasteiger partial charge is 0.398 e. The molecule has 0 unspecified atom stereocenters. The minimum atomic E-state index is 0.262. The predicted octanol–water partition coefficient (Wildman–Crippen LogP) is 2.78. The number of piperazine rings is 1. The van der Waals surface area contributed by atoms with E-state index in [9.17, 15) is 0 Å². The van der Waals surface area contributed by atoms with Crippen LogP contribution in [-0.2, 0) is 0 Å². The summed E-state index contributed by atoms with van der Waals surface area (Å²) in [5.74, 6) is 0. The van der Waals surface area contributed by atoms with Crippen LogP contribution in [0.25, 0.3) is 5.70 Å². The Labute approximate surface area is 157 Å². The Morgan fingerprint density at radius 3 is 2.50 bits per heavy atom. The van der Waals surface area contributed by atoms with Gasteiger partial charge in [0.1, 0.15) is 0 Å². The van der Waals surface area contributed by atoms with Gasteiger partial charge in [-0.1, -0.05) is 25.5 Å². The van der Waals surface area contributed by atoms with Crippen molar-refractivity contribution in [2.45, 2.75) is 38.1 Å². The first-order valence-electron chi connectivity index (χ1n) is 9.73. The van der Waals surface area contributed by atoms with E-state index >= 15 is 0 Å². The molecule has 5 nitrogen and oxygen atoms in total. The number of anilines is 1. The Morgan fingerprint density at radius 1 is 1.23 bits per heavy atom. The minimum absolute atomic E-state index is 0.262. The third-order valence-electron chi connectivity index (χ3n) is 6.14. The molecule has 0 aromatic heterocycles. The lowest BCUT2D eigenvalue weighted by Gasteiger charge is -2.46. The van der Waals surface area contributed by atoms with Crippen LogP contribution in [0.5, 0.6) is 0 Å². The molecule has 142 valence electrons. The summed E-state index contributed by atoms with van der Waals surface area (Å²) in [5.41, 5.74) is 10.1. The van der Waals surface area contributed by atoms with Gasteiger partial charge in [0.05, 0.1) is 0 Å². The number of likely N-dealkylation sites (N-methyl/N-ethyl adjacent to an activating group) is 1. The van der Waals surface area contributed by atoms with Crippen molar-refractivity contribution in [2.75, 3.05) is 45.5 Å². The van der Waals surface area contributed by atoms with Crippen LogP contribution in [0.3, 0.4) is 0 Å². The van der Waals surface area contributed by atoms with Crippen molar-refractivity contribution >= 4 is 17.1 Å². The van der Waals surface area contributed by atoms with Crippen molar-refractivity contribution in [3.63, 3.8) is 0 Å². The van der Waals surface area contributed by atoms with E-state index in [4.69, 9.17) is 11.1 Å². The summed E-state index contributed by atoms with van der Waals surface area (Å²) in [4.78, 5) is 5.12. The molecule has 0 spiro atoms. The number of nitrogens with one attached hydrogen (secondary N) is 2. The lowest BCUT2D eigenvalue weighted by molar-refractivity contribution is 0.0452. The van der Waals surface area contributed by atoms with Gasteiger partial charge in [0.25, 0.3) is 0 Å². The molecule has 0 bridgehead atoms. The quantitative estimate of drug-likeness (QED) is 0.542. The van der Waals surface area contributed by atoms with E-state index in [0.29, 0.717) is 11.4 Å². The van der Waals surface area contributed by atoms with Gasteiger partial charge in [-0.3, -0.25) is 4.90 Å². The van der Waals surface area contributed by atoms with Crippen LogP contribution in [0.15, 0.2) is 24.8 Å². The van der Waals surface area contributed by atoms with E-state index in [1.165, 1.54) is 25.7 Å². The van der Waals surface area contributed by atoms with Crippen molar-refractivity contribution in [1.29, 1.82) is 5.41 Å². The highest BCUT2D eigenvalue weighted by Gasteiger charge is 2.40. The zero-order valence-electron chi connectivity index (χ0n) is 16.3. The van der Waals surface area contributed by atoms with Crippen molar-refractivity contribution in [1.82, 2.24) is 15.1 Å². The van der Waals surface area contributed by atoms with Crippen LogP contribution >= 0.6 is 0 Å². The molecule has 1 saturated carbocycles. The van der Waals surface area contributed by atoms with Crippen LogP contribution in [0.4, 0.5) is 5.69 Å². The number of rotatable bonds is 6. The maximum absolute atomic E-state index is 7.89. The van der Waals surface area contributed by atoms with E-state index in [0.717, 1.165) is 49.5 Å². The van der Waals surface area contributed by atoms with Crippen molar-refractivity contribution in [3.05, 3.63) is 35.9 Å². The van der Waals surface area contributed by atoms with Gasteiger partial charge in [-0.25, -0.2) is 0 Å². The Morgan fingerprint density at radius 2 is 1.88 bits per heavy atom. The summed E-state index contributed by atoms with van der Waals surface area (Å²) in [7, 11) is 2.21.